The van der Waals surface area contributed by atoms with Crippen molar-refractivity contribution in [3.8, 4) is 5.95 Å². The maximum absolute atomic E-state index is 12.9. The Hall–Kier alpha value is -3.66. The van der Waals surface area contributed by atoms with Crippen LogP contribution in [-0.2, 0) is 11.8 Å². The van der Waals surface area contributed by atoms with Crippen molar-refractivity contribution in [2.24, 2.45) is 12.0 Å². The molecule has 1 amide bonds. The Morgan fingerprint density at radius 3 is 2.72 bits per heavy atom. The lowest BCUT2D eigenvalue weighted by molar-refractivity contribution is -0.741. The molecule has 0 N–H and O–H groups in total. The molecule has 29 heavy (non-hydrogen) atoms. The highest BCUT2D eigenvalue weighted by molar-refractivity contribution is 8.14. The van der Waals surface area contributed by atoms with Gasteiger partial charge < -0.3 is 14.0 Å². The Kier molecular flexibility index (Phi) is 5.00. The normalized spacial score (nSPS) is 15.2. The molecule has 0 fully saturated rings. The topological polar surface area (TPSA) is 116 Å². The number of aryl methyl sites for hydroxylation is 1. The molecule has 0 bridgehead atoms. The number of furan rings is 1. The summed E-state index contributed by atoms with van der Waals surface area (Å²) >= 11 is 1.04. The third kappa shape index (κ3) is 3.69. The van der Waals surface area contributed by atoms with Crippen LogP contribution >= 0.6 is 11.8 Å². The largest absolute Gasteiger partial charge is 0.539 e. The number of aliphatic imine (C=N–C) groups is 1. The standard InChI is InChI=1S/C19H14N4O5S/c1-22-16(18(26)28-21-22)15(24)11-29-19-20-14(10-13-8-5-9-27-13)17(25)23(19)12-6-3-2-4-7-12/h2-10H,11H2,1H3/b14-10+. The Morgan fingerprint density at radius 2 is 2.07 bits per heavy atom. The number of anilines is 1. The van der Waals surface area contributed by atoms with E-state index in [-0.39, 0.29) is 23.1 Å². The van der Waals surface area contributed by atoms with Gasteiger partial charge in [-0.25, -0.2) is 4.99 Å². The molecule has 0 saturated carbocycles. The van der Waals surface area contributed by atoms with Crippen LogP contribution < -0.4 is 14.7 Å². The number of carbonyl (C=O) groups is 2. The van der Waals surface area contributed by atoms with Crippen molar-refractivity contribution >= 4 is 40.4 Å². The predicted octanol–water partition coefficient (Wildman–Crippen LogP) is 1.53. The predicted molar refractivity (Wildman–Crippen MR) is 102 cm³/mol. The van der Waals surface area contributed by atoms with Gasteiger partial charge in [-0.05, 0) is 24.3 Å². The summed E-state index contributed by atoms with van der Waals surface area (Å²) in [6.45, 7) is 0. The van der Waals surface area contributed by atoms with Crippen LogP contribution in [0.2, 0.25) is 0 Å². The van der Waals surface area contributed by atoms with Crippen molar-refractivity contribution in [3.63, 3.8) is 0 Å². The molecule has 0 radical (unpaired) electrons. The first-order valence-electron chi connectivity index (χ1n) is 8.47. The summed E-state index contributed by atoms with van der Waals surface area (Å²) in [7, 11) is 1.44. The van der Waals surface area contributed by atoms with Crippen LogP contribution in [0, 0.1) is 0 Å². The van der Waals surface area contributed by atoms with E-state index in [0.29, 0.717) is 16.6 Å². The fourth-order valence-electron chi connectivity index (χ4n) is 2.71. The van der Waals surface area contributed by atoms with E-state index in [1.165, 1.54) is 24.3 Å². The Labute approximate surface area is 168 Å². The molecule has 1 aliphatic heterocycles. The van der Waals surface area contributed by atoms with E-state index in [9.17, 15) is 14.7 Å². The van der Waals surface area contributed by atoms with E-state index < -0.39 is 11.7 Å². The average Bonchev–Trinajstić information content (AvgIpc) is 3.42. The van der Waals surface area contributed by atoms with Gasteiger partial charge in [0.15, 0.2) is 18.2 Å². The average molecular weight is 410 g/mol. The molecule has 2 aromatic heterocycles. The van der Waals surface area contributed by atoms with Gasteiger partial charge in [-0.3, -0.25) is 14.5 Å². The third-order valence-corrected chi connectivity index (χ3v) is 4.96. The molecule has 3 aromatic rings. The molecular weight excluding hydrogens is 396 g/mol. The van der Waals surface area contributed by atoms with Crippen molar-refractivity contribution in [2.45, 2.75) is 0 Å². The maximum Gasteiger partial charge on any atom is 0.300 e. The van der Waals surface area contributed by atoms with Crippen LogP contribution in [0.15, 0.2) is 68.4 Å². The van der Waals surface area contributed by atoms with E-state index in [1.54, 1.807) is 36.4 Å². The molecule has 1 aliphatic rings. The zero-order chi connectivity index (χ0) is 20.4. The Balaban J connectivity index is 1.62. The quantitative estimate of drug-likeness (QED) is 0.356. The zero-order valence-electron chi connectivity index (χ0n) is 15.1. The van der Waals surface area contributed by atoms with E-state index in [0.717, 1.165) is 16.4 Å². The number of hydrogen-bond donors (Lipinski definition) is 0. The number of thioether (sulfide) groups is 1. The minimum absolute atomic E-state index is 0.117. The molecule has 3 heterocycles. The van der Waals surface area contributed by atoms with Gasteiger partial charge in [-0.1, -0.05) is 34.6 Å². The van der Waals surface area contributed by atoms with E-state index >= 15 is 0 Å². The van der Waals surface area contributed by atoms with Crippen molar-refractivity contribution in [1.29, 1.82) is 0 Å². The summed E-state index contributed by atoms with van der Waals surface area (Å²) < 4.78 is 10.8. The highest BCUT2D eigenvalue weighted by Gasteiger charge is 2.33. The Morgan fingerprint density at radius 1 is 1.28 bits per heavy atom. The maximum atomic E-state index is 12.9. The number of amidine groups is 1. The number of benzene rings is 1. The van der Waals surface area contributed by atoms with E-state index in [1.807, 2.05) is 6.07 Å². The second-order valence-corrected chi connectivity index (χ2v) is 6.90. The second-order valence-electron chi connectivity index (χ2n) is 5.96. The number of ketones is 1. The lowest BCUT2D eigenvalue weighted by atomic mass is 10.2. The van der Waals surface area contributed by atoms with Gasteiger partial charge in [-0.15, -0.1) is 0 Å². The fraction of sp³-hybridized carbons (Fsp3) is 0.105. The van der Waals surface area contributed by atoms with Crippen LogP contribution in [-0.4, -0.2) is 27.9 Å². The molecule has 0 saturated heterocycles. The number of aromatic nitrogens is 2. The number of amides is 1. The monoisotopic (exact) mass is 410 g/mol. The SMILES string of the molecule is C[n+]1noc([O-])c1C(=O)CSC1=N/C(=C/c2ccco2)C(=O)N1c1ccccc1. The van der Waals surface area contributed by atoms with Crippen LogP contribution in [0.5, 0.6) is 5.95 Å². The number of nitrogens with zero attached hydrogens (tertiary/aromatic N) is 4. The molecule has 0 spiro atoms. The first-order chi connectivity index (χ1) is 14.0. The van der Waals surface area contributed by atoms with Gasteiger partial charge in [0.05, 0.1) is 23.0 Å². The third-order valence-electron chi connectivity index (χ3n) is 4.03. The van der Waals surface area contributed by atoms with Crippen molar-refractivity contribution in [3.05, 3.63) is 65.9 Å². The Bertz CT molecular complexity index is 1100. The van der Waals surface area contributed by atoms with Gasteiger partial charge in [0, 0.05) is 6.08 Å². The van der Waals surface area contributed by atoms with Gasteiger partial charge in [0.25, 0.3) is 11.6 Å². The summed E-state index contributed by atoms with van der Waals surface area (Å²) in [6.07, 6.45) is 3.03. The summed E-state index contributed by atoms with van der Waals surface area (Å²) in [6, 6.07) is 12.4. The minimum atomic E-state index is -0.805. The lowest BCUT2D eigenvalue weighted by Crippen LogP contribution is -2.38. The highest BCUT2D eigenvalue weighted by atomic mass is 32.2. The molecule has 1 aromatic carbocycles. The van der Waals surface area contributed by atoms with Crippen LogP contribution in [0.3, 0.4) is 0 Å². The number of hydrogen-bond acceptors (Lipinski definition) is 8. The number of rotatable bonds is 5. The molecule has 0 aliphatic carbocycles. The van der Waals surface area contributed by atoms with Gasteiger partial charge in [0.1, 0.15) is 11.5 Å². The minimum Gasteiger partial charge on any atom is -0.539 e. The number of carbonyl (C=O) groups excluding carboxylic acids is 2. The summed E-state index contributed by atoms with van der Waals surface area (Å²) in [5, 5.41) is 15.4. The smallest absolute Gasteiger partial charge is 0.300 e. The van der Waals surface area contributed by atoms with Crippen molar-refractivity contribution < 1.29 is 28.3 Å². The van der Waals surface area contributed by atoms with E-state index in [2.05, 4.69) is 14.8 Å². The first-order valence-corrected chi connectivity index (χ1v) is 9.45. The summed E-state index contributed by atoms with van der Waals surface area (Å²) in [5.41, 5.74) is 0.623. The molecule has 0 atom stereocenters. The fourth-order valence-corrected chi connectivity index (χ4v) is 3.59. The molecule has 0 unspecified atom stereocenters. The van der Waals surface area contributed by atoms with Gasteiger partial charge >= 0.3 is 0 Å². The van der Waals surface area contributed by atoms with Crippen molar-refractivity contribution in [2.75, 3.05) is 10.7 Å². The lowest BCUT2D eigenvalue weighted by Gasteiger charge is -2.17. The van der Waals surface area contributed by atoms with Crippen LogP contribution in [0.4, 0.5) is 5.69 Å². The van der Waals surface area contributed by atoms with E-state index in [4.69, 9.17) is 4.42 Å². The number of para-hydroxylation sites is 1. The number of Topliss-reactive ketones (excluding diaryl/α,β-unsaturated/α-hetero) is 1. The molecule has 4 rings (SSSR count). The van der Waals surface area contributed by atoms with Gasteiger partial charge in [0.2, 0.25) is 5.78 Å². The molecule has 10 heteroatoms. The summed E-state index contributed by atoms with van der Waals surface area (Å²) in [4.78, 5) is 31.2. The second kappa shape index (κ2) is 7.76. The van der Waals surface area contributed by atoms with Crippen molar-refractivity contribution in [1.82, 2.24) is 5.27 Å². The van der Waals surface area contributed by atoms with Crippen LogP contribution in [0.1, 0.15) is 16.2 Å². The first kappa shape index (κ1) is 18.7. The molecular formula is C19H14N4O5S. The highest BCUT2D eigenvalue weighted by Crippen LogP contribution is 2.29. The molecule has 146 valence electrons. The summed E-state index contributed by atoms with van der Waals surface area (Å²) in [5.74, 6) is -1.26. The van der Waals surface area contributed by atoms with Crippen LogP contribution in [0.25, 0.3) is 6.08 Å². The zero-order valence-corrected chi connectivity index (χ0v) is 16.0. The van der Waals surface area contributed by atoms with Gasteiger partial charge in [-0.2, -0.15) is 0 Å². The molecule has 9 nitrogen and oxygen atoms in total.